The summed E-state index contributed by atoms with van der Waals surface area (Å²) in [5.41, 5.74) is 0. The van der Waals surface area contributed by atoms with E-state index in [2.05, 4.69) is 4.72 Å². The molecule has 0 radical (unpaired) electrons. The summed E-state index contributed by atoms with van der Waals surface area (Å²) in [4.78, 5) is 1.14. The fourth-order valence-corrected chi connectivity index (χ4v) is 1.90. The van der Waals surface area contributed by atoms with Crippen molar-refractivity contribution in [2.45, 2.75) is 4.90 Å². The topological polar surface area (TPSA) is 21.3 Å². The Labute approximate surface area is 99.8 Å². The van der Waals surface area contributed by atoms with E-state index in [1.54, 1.807) is 11.9 Å². The highest BCUT2D eigenvalue weighted by atomic mass is 32.2. The van der Waals surface area contributed by atoms with Crippen LogP contribution in [0.2, 0.25) is 0 Å². The quantitative estimate of drug-likeness (QED) is 0.811. The molecule has 82 valence electrons. The molecule has 0 bridgehead atoms. The van der Waals surface area contributed by atoms with Crippen LogP contribution in [0.1, 0.15) is 0 Å². The third kappa shape index (κ3) is 3.02. The van der Waals surface area contributed by atoms with E-state index >= 15 is 0 Å². The number of benzene rings is 2. The maximum Gasteiger partial charge on any atom is 0.128 e. The number of nitrogens with one attached hydrogen (secondary N) is 1. The van der Waals surface area contributed by atoms with Crippen LogP contribution in [0, 0.1) is 0 Å². The van der Waals surface area contributed by atoms with Gasteiger partial charge in [-0.25, -0.2) is 0 Å². The first-order chi connectivity index (χ1) is 7.88. The molecule has 2 aromatic rings. The van der Waals surface area contributed by atoms with Gasteiger partial charge in [0.1, 0.15) is 11.5 Å². The van der Waals surface area contributed by atoms with Gasteiger partial charge in [0, 0.05) is 4.90 Å². The number of ether oxygens (including phenoxy) is 1. The second-order valence-corrected chi connectivity index (χ2v) is 4.28. The molecule has 0 aliphatic carbocycles. The van der Waals surface area contributed by atoms with Crippen LogP contribution >= 0.6 is 11.9 Å². The summed E-state index contributed by atoms with van der Waals surface area (Å²) in [5.74, 6) is 1.71. The highest BCUT2D eigenvalue weighted by molar-refractivity contribution is 7.97. The maximum absolute atomic E-state index is 5.72. The molecule has 0 aliphatic rings. The summed E-state index contributed by atoms with van der Waals surface area (Å²) in [6.07, 6.45) is 0. The molecule has 16 heavy (non-hydrogen) atoms. The van der Waals surface area contributed by atoms with Crippen LogP contribution in [-0.4, -0.2) is 7.05 Å². The number of hydrogen-bond acceptors (Lipinski definition) is 3. The van der Waals surface area contributed by atoms with Gasteiger partial charge in [-0.3, -0.25) is 4.72 Å². The first-order valence-electron chi connectivity index (χ1n) is 5.05. The van der Waals surface area contributed by atoms with Gasteiger partial charge in [-0.15, -0.1) is 0 Å². The van der Waals surface area contributed by atoms with Crippen LogP contribution in [0.4, 0.5) is 0 Å². The minimum Gasteiger partial charge on any atom is -0.457 e. The Kier molecular flexibility index (Phi) is 3.86. The van der Waals surface area contributed by atoms with Gasteiger partial charge >= 0.3 is 0 Å². The highest BCUT2D eigenvalue weighted by Crippen LogP contribution is 2.25. The zero-order valence-electron chi connectivity index (χ0n) is 9.01. The fourth-order valence-electron chi connectivity index (χ4n) is 1.34. The van der Waals surface area contributed by atoms with Gasteiger partial charge in [0.25, 0.3) is 0 Å². The van der Waals surface area contributed by atoms with Crippen molar-refractivity contribution in [3.8, 4) is 11.5 Å². The molecule has 2 nitrogen and oxygen atoms in total. The van der Waals surface area contributed by atoms with Crippen molar-refractivity contribution in [1.29, 1.82) is 0 Å². The first-order valence-corrected chi connectivity index (χ1v) is 5.87. The molecule has 0 saturated carbocycles. The third-order valence-corrected chi connectivity index (χ3v) is 2.70. The fraction of sp³-hybridized carbons (Fsp3) is 0.0769. The summed E-state index contributed by atoms with van der Waals surface area (Å²) in [7, 11) is 1.90. The second-order valence-electron chi connectivity index (χ2n) is 3.20. The lowest BCUT2D eigenvalue weighted by Gasteiger charge is -2.06. The molecule has 2 rings (SSSR count). The minimum atomic E-state index is 0.853. The summed E-state index contributed by atoms with van der Waals surface area (Å²) >= 11 is 1.57. The molecule has 0 aromatic heterocycles. The van der Waals surface area contributed by atoms with Crippen LogP contribution < -0.4 is 9.46 Å². The SMILES string of the molecule is CNSc1cccc(Oc2ccccc2)c1. The lowest BCUT2D eigenvalue weighted by molar-refractivity contribution is 0.481. The molecule has 0 amide bonds. The predicted molar refractivity (Wildman–Crippen MR) is 67.9 cm³/mol. The average Bonchev–Trinajstić information content (AvgIpc) is 2.31. The van der Waals surface area contributed by atoms with Crippen molar-refractivity contribution in [2.75, 3.05) is 7.05 Å². The second kappa shape index (κ2) is 5.58. The van der Waals surface area contributed by atoms with Crippen molar-refractivity contribution in [1.82, 2.24) is 4.72 Å². The van der Waals surface area contributed by atoms with Crippen LogP contribution in [-0.2, 0) is 0 Å². The van der Waals surface area contributed by atoms with Crippen molar-refractivity contribution in [2.24, 2.45) is 0 Å². The van der Waals surface area contributed by atoms with E-state index in [1.807, 2.05) is 61.6 Å². The standard InChI is InChI=1S/C13H13NOS/c1-14-16-13-9-5-8-12(10-13)15-11-6-3-2-4-7-11/h2-10,14H,1H3. The van der Waals surface area contributed by atoms with E-state index in [0.29, 0.717) is 0 Å². The Morgan fingerprint density at radius 3 is 2.44 bits per heavy atom. The molecule has 0 heterocycles. The van der Waals surface area contributed by atoms with Gasteiger partial charge in [-0.1, -0.05) is 24.3 Å². The van der Waals surface area contributed by atoms with Crippen molar-refractivity contribution < 1.29 is 4.74 Å². The summed E-state index contributed by atoms with van der Waals surface area (Å²) < 4.78 is 8.76. The smallest absolute Gasteiger partial charge is 0.128 e. The van der Waals surface area contributed by atoms with Gasteiger partial charge in [0.2, 0.25) is 0 Å². The highest BCUT2D eigenvalue weighted by Gasteiger charge is 1.98. The molecule has 0 aliphatic heterocycles. The normalized spacial score (nSPS) is 10.1. The van der Waals surface area contributed by atoms with Gasteiger partial charge in [-0.2, -0.15) is 0 Å². The molecule has 0 spiro atoms. The molecular weight excluding hydrogens is 218 g/mol. The van der Waals surface area contributed by atoms with Gasteiger partial charge in [-0.05, 0) is 49.3 Å². The Hall–Kier alpha value is -1.45. The van der Waals surface area contributed by atoms with Gasteiger partial charge in [0.15, 0.2) is 0 Å². The Morgan fingerprint density at radius 1 is 0.938 bits per heavy atom. The zero-order valence-corrected chi connectivity index (χ0v) is 9.83. The van der Waals surface area contributed by atoms with E-state index in [-0.39, 0.29) is 0 Å². The van der Waals surface area contributed by atoms with Crippen LogP contribution in [0.15, 0.2) is 59.5 Å². The molecule has 0 saturated heterocycles. The largest absolute Gasteiger partial charge is 0.457 e. The molecular formula is C13H13NOS. The van der Waals surface area contributed by atoms with Crippen LogP contribution in [0.25, 0.3) is 0 Å². The predicted octanol–water partition coefficient (Wildman–Crippen LogP) is 3.71. The number of hydrogen-bond donors (Lipinski definition) is 1. The Morgan fingerprint density at radius 2 is 1.69 bits per heavy atom. The van der Waals surface area contributed by atoms with Crippen LogP contribution in [0.3, 0.4) is 0 Å². The van der Waals surface area contributed by atoms with Crippen molar-refractivity contribution in [3.63, 3.8) is 0 Å². The van der Waals surface area contributed by atoms with E-state index in [9.17, 15) is 0 Å². The minimum absolute atomic E-state index is 0.853. The van der Waals surface area contributed by atoms with Gasteiger partial charge in [0.05, 0.1) is 0 Å². The summed E-state index contributed by atoms with van der Waals surface area (Å²) in [5, 5.41) is 0. The first kappa shape index (κ1) is 11.0. The average molecular weight is 231 g/mol. The molecule has 0 unspecified atom stereocenters. The zero-order chi connectivity index (χ0) is 11.2. The molecule has 0 atom stereocenters. The van der Waals surface area contributed by atoms with E-state index in [0.717, 1.165) is 16.4 Å². The molecule has 1 N–H and O–H groups in total. The van der Waals surface area contributed by atoms with E-state index in [1.165, 1.54) is 0 Å². The van der Waals surface area contributed by atoms with E-state index < -0.39 is 0 Å². The van der Waals surface area contributed by atoms with Gasteiger partial charge < -0.3 is 4.74 Å². The third-order valence-electron chi connectivity index (χ3n) is 2.00. The lowest BCUT2D eigenvalue weighted by Crippen LogP contribution is -1.90. The molecule has 0 fully saturated rings. The van der Waals surface area contributed by atoms with Crippen molar-refractivity contribution >= 4 is 11.9 Å². The number of para-hydroxylation sites is 1. The van der Waals surface area contributed by atoms with E-state index in [4.69, 9.17) is 4.74 Å². The Bertz CT molecular complexity index is 445. The lowest BCUT2D eigenvalue weighted by atomic mass is 10.3. The monoisotopic (exact) mass is 231 g/mol. The van der Waals surface area contributed by atoms with Crippen LogP contribution in [0.5, 0.6) is 11.5 Å². The number of rotatable bonds is 4. The molecule has 2 aromatic carbocycles. The van der Waals surface area contributed by atoms with Crippen molar-refractivity contribution in [3.05, 3.63) is 54.6 Å². The molecule has 3 heteroatoms. The summed E-state index contributed by atoms with van der Waals surface area (Å²) in [6, 6.07) is 17.8. The maximum atomic E-state index is 5.72. The summed E-state index contributed by atoms with van der Waals surface area (Å²) in [6.45, 7) is 0. The Balaban J connectivity index is 2.12.